The van der Waals surface area contributed by atoms with Crippen LogP contribution in [-0.4, -0.2) is 53.4 Å². The van der Waals surface area contributed by atoms with E-state index in [2.05, 4.69) is 10.1 Å². The third-order valence-corrected chi connectivity index (χ3v) is 8.42. The van der Waals surface area contributed by atoms with Crippen LogP contribution in [0.4, 0.5) is 0 Å². The molecule has 158 valence electrons. The lowest BCUT2D eigenvalue weighted by molar-refractivity contribution is -0.121. The molecule has 1 atom stereocenters. The molecule has 0 N–H and O–H groups in total. The molecule has 2 aromatic rings. The Morgan fingerprint density at radius 1 is 1.21 bits per heavy atom. The highest BCUT2D eigenvalue weighted by atomic mass is 32.2. The number of piperidine rings is 1. The van der Waals surface area contributed by atoms with Gasteiger partial charge in [0.1, 0.15) is 0 Å². The normalized spacial score (nSPS) is 22.9. The first-order chi connectivity index (χ1) is 13.9. The van der Waals surface area contributed by atoms with Crippen molar-refractivity contribution in [2.45, 2.75) is 56.8 Å². The van der Waals surface area contributed by atoms with Gasteiger partial charge in [-0.3, -0.25) is 0 Å². The van der Waals surface area contributed by atoms with Crippen LogP contribution in [-0.2, 0) is 21.2 Å². The fourth-order valence-electron chi connectivity index (χ4n) is 4.39. The van der Waals surface area contributed by atoms with Gasteiger partial charge in [-0.05, 0) is 45.4 Å². The number of rotatable bonds is 5. The highest BCUT2D eigenvalue weighted by Gasteiger charge is 2.43. The van der Waals surface area contributed by atoms with Crippen LogP contribution in [0.2, 0.25) is 0 Å². The number of ether oxygens (including phenoxy) is 1. The van der Waals surface area contributed by atoms with Crippen molar-refractivity contribution in [2.75, 3.05) is 19.7 Å². The largest absolute Gasteiger partial charge is 0.375 e. The van der Waals surface area contributed by atoms with Gasteiger partial charge in [0, 0.05) is 31.7 Å². The number of aromatic nitrogens is 2. The second kappa shape index (κ2) is 8.16. The van der Waals surface area contributed by atoms with Gasteiger partial charge in [0.05, 0.1) is 10.9 Å². The second-order valence-electron chi connectivity index (χ2n) is 8.46. The van der Waals surface area contributed by atoms with Gasteiger partial charge in [0.25, 0.3) is 0 Å². The van der Waals surface area contributed by atoms with E-state index >= 15 is 0 Å². The summed E-state index contributed by atoms with van der Waals surface area (Å²) in [5.74, 6) is 1.68. The molecule has 0 bridgehead atoms. The molecule has 1 unspecified atom stereocenters. The van der Waals surface area contributed by atoms with Crippen molar-refractivity contribution in [3.05, 3.63) is 36.2 Å². The standard InChI is InChI=1S/C21H29N3O4S/c1-16(2)29(25,26)24-11-9-21(10-12-24)15-17(8-13-27-21)14-19-22-20(23-28-19)18-6-4-3-5-7-18/h3-7,16-17H,8-15H2,1-2H3. The molecule has 0 radical (unpaired) electrons. The zero-order chi connectivity index (χ0) is 20.5. The molecule has 1 spiro atoms. The van der Waals surface area contributed by atoms with E-state index in [9.17, 15) is 8.42 Å². The third-order valence-electron chi connectivity index (χ3n) is 6.15. The molecule has 2 fully saturated rings. The first-order valence-electron chi connectivity index (χ1n) is 10.4. The molecule has 8 heteroatoms. The molecule has 29 heavy (non-hydrogen) atoms. The molecule has 2 aliphatic rings. The Kier molecular flexibility index (Phi) is 5.77. The molecule has 3 heterocycles. The van der Waals surface area contributed by atoms with Crippen LogP contribution >= 0.6 is 0 Å². The molecule has 1 aromatic heterocycles. The van der Waals surface area contributed by atoms with Crippen LogP contribution in [0.1, 0.15) is 45.4 Å². The molecular formula is C21H29N3O4S. The lowest BCUT2D eigenvalue weighted by Gasteiger charge is -2.46. The van der Waals surface area contributed by atoms with Crippen molar-refractivity contribution in [2.24, 2.45) is 5.92 Å². The lowest BCUT2D eigenvalue weighted by Crippen LogP contribution is -2.52. The lowest BCUT2D eigenvalue weighted by atomic mass is 9.79. The summed E-state index contributed by atoms with van der Waals surface area (Å²) in [6.45, 7) is 5.24. The molecule has 0 aliphatic carbocycles. The van der Waals surface area contributed by atoms with Crippen molar-refractivity contribution in [1.29, 1.82) is 0 Å². The van der Waals surface area contributed by atoms with E-state index in [0.717, 1.165) is 37.7 Å². The highest BCUT2D eigenvalue weighted by Crippen LogP contribution is 2.39. The quantitative estimate of drug-likeness (QED) is 0.739. The average Bonchev–Trinajstić information content (AvgIpc) is 3.17. The Morgan fingerprint density at radius 2 is 1.93 bits per heavy atom. The van der Waals surface area contributed by atoms with Crippen molar-refractivity contribution >= 4 is 10.0 Å². The molecule has 7 nitrogen and oxygen atoms in total. The summed E-state index contributed by atoms with van der Waals surface area (Å²) in [6.07, 6.45) is 4.09. The van der Waals surface area contributed by atoms with Crippen molar-refractivity contribution in [1.82, 2.24) is 14.4 Å². The zero-order valence-electron chi connectivity index (χ0n) is 17.1. The summed E-state index contributed by atoms with van der Waals surface area (Å²) in [5.41, 5.74) is 0.721. The molecule has 1 aromatic carbocycles. The Labute approximate surface area is 172 Å². The maximum atomic E-state index is 12.4. The molecule has 0 amide bonds. The van der Waals surface area contributed by atoms with Crippen molar-refractivity contribution in [3.8, 4) is 11.4 Å². The SMILES string of the molecule is CC(C)S(=O)(=O)N1CCC2(CC1)CC(Cc1nc(-c3ccccc3)no1)CCO2. The zero-order valence-corrected chi connectivity index (χ0v) is 17.9. The minimum atomic E-state index is -3.20. The fourth-order valence-corrected chi connectivity index (χ4v) is 5.68. The minimum Gasteiger partial charge on any atom is -0.375 e. The van der Waals surface area contributed by atoms with Gasteiger partial charge < -0.3 is 9.26 Å². The van der Waals surface area contributed by atoms with Gasteiger partial charge in [0.2, 0.25) is 21.7 Å². The Morgan fingerprint density at radius 3 is 2.62 bits per heavy atom. The van der Waals surface area contributed by atoms with E-state index in [4.69, 9.17) is 9.26 Å². The topological polar surface area (TPSA) is 85.5 Å². The first kappa shape index (κ1) is 20.5. The highest BCUT2D eigenvalue weighted by molar-refractivity contribution is 7.89. The number of hydrogen-bond acceptors (Lipinski definition) is 6. The van der Waals surface area contributed by atoms with Gasteiger partial charge >= 0.3 is 0 Å². The fraction of sp³-hybridized carbons (Fsp3) is 0.619. The molecule has 2 aliphatic heterocycles. The average molecular weight is 420 g/mol. The van der Waals surface area contributed by atoms with Gasteiger partial charge in [-0.25, -0.2) is 12.7 Å². The van der Waals surface area contributed by atoms with E-state index in [1.54, 1.807) is 18.2 Å². The predicted molar refractivity (Wildman–Crippen MR) is 110 cm³/mol. The second-order valence-corrected chi connectivity index (χ2v) is 11.0. The number of sulfonamides is 1. The third kappa shape index (κ3) is 4.39. The van der Waals surface area contributed by atoms with Crippen LogP contribution in [0.3, 0.4) is 0 Å². The van der Waals surface area contributed by atoms with Gasteiger partial charge in [0.15, 0.2) is 0 Å². The van der Waals surface area contributed by atoms with Crippen LogP contribution in [0, 0.1) is 5.92 Å². The molecule has 4 rings (SSSR count). The molecule has 2 saturated heterocycles. The summed E-state index contributed by atoms with van der Waals surface area (Å²) in [7, 11) is -3.20. The van der Waals surface area contributed by atoms with E-state index in [1.165, 1.54) is 0 Å². The van der Waals surface area contributed by atoms with Crippen LogP contribution in [0.15, 0.2) is 34.9 Å². The van der Waals surface area contributed by atoms with Crippen molar-refractivity contribution in [3.63, 3.8) is 0 Å². The predicted octanol–water partition coefficient (Wildman–Crippen LogP) is 3.28. The van der Waals surface area contributed by atoms with Gasteiger partial charge in [-0.15, -0.1) is 0 Å². The van der Waals surface area contributed by atoms with Crippen LogP contribution in [0.25, 0.3) is 11.4 Å². The molecular weight excluding hydrogens is 390 g/mol. The summed E-state index contributed by atoms with van der Waals surface area (Å²) >= 11 is 0. The smallest absolute Gasteiger partial charge is 0.227 e. The van der Waals surface area contributed by atoms with E-state index in [-0.39, 0.29) is 10.9 Å². The van der Waals surface area contributed by atoms with Crippen molar-refractivity contribution < 1.29 is 17.7 Å². The number of hydrogen-bond donors (Lipinski definition) is 0. The Balaban J connectivity index is 1.38. The summed E-state index contributed by atoms with van der Waals surface area (Å²) in [6, 6.07) is 9.82. The van der Waals surface area contributed by atoms with Gasteiger partial charge in [-0.2, -0.15) is 4.98 Å². The maximum Gasteiger partial charge on any atom is 0.227 e. The summed E-state index contributed by atoms with van der Waals surface area (Å²) < 4.78 is 38.2. The molecule has 0 saturated carbocycles. The summed E-state index contributed by atoms with van der Waals surface area (Å²) in [5, 5.41) is 3.74. The Bertz CT molecular complexity index is 918. The van der Waals surface area contributed by atoms with Crippen LogP contribution < -0.4 is 0 Å². The van der Waals surface area contributed by atoms with E-state index < -0.39 is 10.0 Å². The van der Waals surface area contributed by atoms with Gasteiger partial charge in [-0.1, -0.05) is 35.5 Å². The Hall–Kier alpha value is -1.77. The number of nitrogens with zero attached hydrogens (tertiary/aromatic N) is 3. The van der Waals surface area contributed by atoms with E-state index in [1.807, 2.05) is 30.3 Å². The van der Waals surface area contributed by atoms with Crippen LogP contribution in [0.5, 0.6) is 0 Å². The van der Waals surface area contributed by atoms with E-state index in [0.29, 0.717) is 37.3 Å². The minimum absolute atomic E-state index is 0.228. The maximum absolute atomic E-state index is 12.4. The number of benzene rings is 1. The summed E-state index contributed by atoms with van der Waals surface area (Å²) in [4.78, 5) is 4.57. The monoisotopic (exact) mass is 419 g/mol. The first-order valence-corrected chi connectivity index (χ1v) is 11.9.